The summed E-state index contributed by atoms with van der Waals surface area (Å²) in [6.45, 7) is 1.90. The summed E-state index contributed by atoms with van der Waals surface area (Å²) in [4.78, 5) is 24.3. The van der Waals surface area contributed by atoms with Crippen LogP contribution in [0.2, 0.25) is 4.34 Å². The highest BCUT2D eigenvalue weighted by molar-refractivity contribution is 7.16. The number of thiophene rings is 1. The molecule has 0 spiro atoms. The van der Waals surface area contributed by atoms with Gasteiger partial charge in [0.2, 0.25) is 5.91 Å². The molecule has 1 unspecified atom stereocenters. The highest BCUT2D eigenvalue weighted by Crippen LogP contribution is 2.26. The van der Waals surface area contributed by atoms with Crippen molar-refractivity contribution in [2.75, 3.05) is 0 Å². The van der Waals surface area contributed by atoms with E-state index in [2.05, 4.69) is 5.32 Å². The van der Waals surface area contributed by atoms with Gasteiger partial charge in [0.1, 0.15) is 6.54 Å². The first-order valence-electron chi connectivity index (χ1n) is 5.76. The summed E-state index contributed by atoms with van der Waals surface area (Å²) in [6, 6.07) is 8.35. The Morgan fingerprint density at radius 1 is 1.42 bits per heavy atom. The number of carbonyl (C=O) groups is 1. The Balaban J connectivity index is 1.98. The van der Waals surface area contributed by atoms with Gasteiger partial charge in [-0.3, -0.25) is 9.59 Å². The molecule has 0 saturated heterocycles. The van der Waals surface area contributed by atoms with Crippen molar-refractivity contribution in [1.82, 2.24) is 9.88 Å². The van der Waals surface area contributed by atoms with E-state index >= 15 is 0 Å². The fraction of sp³-hybridized carbons (Fsp3) is 0.231. The quantitative estimate of drug-likeness (QED) is 0.942. The molecule has 2 heterocycles. The van der Waals surface area contributed by atoms with Crippen LogP contribution in [0.25, 0.3) is 0 Å². The SMILES string of the molecule is CC(NC(=O)Cn1ccccc1=O)c1ccc(Cl)s1. The Labute approximate surface area is 119 Å². The van der Waals surface area contributed by atoms with Gasteiger partial charge in [0.15, 0.2) is 0 Å². The lowest BCUT2D eigenvalue weighted by molar-refractivity contribution is -0.122. The van der Waals surface area contributed by atoms with Crippen molar-refractivity contribution < 1.29 is 4.79 Å². The van der Waals surface area contributed by atoms with Gasteiger partial charge in [-0.05, 0) is 25.1 Å². The zero-order valence-electron chi connectivity index (χ0n) is 10.3. The topological polar surface area (TPSA) is 51.1 Å². The molecular weight excluding hydrogens is 284 g/mol. The van der Waals surface area contributed by atoms with Crippen molar-refractivity contribution in [3.8, 4) is 0 Å². The zero-order chi connectivity index (χ0) is 13.8. The Morgan fingerprint density at radius 3 is 2.84 bits per heavy atom. The van der Waals surface area contributed by atoms with E-state index in [0.717, 1.165) is 4.88 Å². The highest BCUT2D eigenvalue weighted by Gasteiger charge is 2.12. The van der Waals surface area contributed by atoms with Crippen LogP contribution in [-0.2, 0) is 11.3 Å². The van der Waals surface area contributed by atoms with Crippen LogP contribution in [0.4, 0.5) is 0 Å². The number of carbonyl (C=O) groups excluding carboxylic acids is 1. The van der Waals surface area contributed by atoms with Crippen molar-refractivity contribution >= 4 is 28.8 Å². The third-order valence-corrected chi connectivity index (χ3v) is 4.03. The lowest BCUT2D eigenvalue weighted by Gasteiger charge is -2.12. The van der Waals surface area contributed by atoms with Crippen LogP contribution in [0.3, 0.4) is 0 Å². The van der Waals surface area contributed by atoms with Gasteiger partial charge in [-0.25, -0.2) is 0 Å². The predicted octanol–water partition coefficient (Wildman–Crippen LogP) is 2.44. The molecule has 1 atom stereocenters. The number of nitrogens with zero attached hydrogens (tertiary/aromatic N) is 1. The van der Waals surface area contributed by atoms with Crippen LogP contribution in [0.1, 0.15) is 17.8 Å². The van der Waals surface area contributed by atoms with Crippen LogP contribution in [0.5, 0.6) is 0 Å². The van der Waals surface area contributed by atoms with Crippen LogP contribution in [-0.4, -0.2) is 10.5 Å². The molecule has 1 amide bonds. The van der Waals surface area contributed by atoms with Gasteiger partial charge in [-0.1, -0.05) is 17.7 Å². The minimum Gasteiger partial charge on any atom is -0.347 e. The number of nitrogens with one attached hydrogen (secondary N) is 1. The number of rotatable bonds is 4. The van der Waals surface area contributed by atoms with Crippen molar-refractivity contribution in [2.45, 2.75) is 19.5 Å². The van der Waals surface area contributed by atoms with Gasteiger partial charge < -0.3 is 9.88 Å². The lowest BCUT2D eigenvalue weighted by Crippen LogP contribution is -2.33. The molecule has 2 aromatic rings. The molecule has 100 valence electrons. The molecule has 0 saturated carbocycles. The van der Waals surface area contributed by atoms with Crippen LogP contribution >= 0.6 is 22.9 Å². The van der Waals surface area contributed by atoms with Crippen molar-refractivity contribution in [3.63, 3.8) is 0 Å². The maximum Gasteiger partial charge on any atom is 0.250 e. The summed E-state index contributed by atoms with van der Waals surface area (Å²) in [7, 11) is 0. The molecule has 0 aliphatic rings. The Bertz CT molecular complexity index is 635. The summed E-state index contributed by atoms with van der Waals surface area (Å²) < 4.78 is 2.05. The van der Waals surface area contributed by atoms with E-state index < -0.39 is 0 Å². The first kappa shape index (κ1) is 13.8. The Morgan fingerprint density at radius 2 is 2.21 bits per heavy atom. The highest BCUT2D eigenvalue weighted by atomic mass is 35.5. The molecule has 0 fully saturated rings. The van der Waals surface area contributed by atoms with Crippen molar-refractivity contribution in [1.29, 1.82) is 0 Å². The van der Waals surface area contributed by atoms with E-state index in [1.807, 2.05) is 13.0 Å². The first-order valence-corrected chi connectivity index (χ1v) is 6.96. The number of amides is 1. The van der Waals surface area contributed by atoms with Crippen LogP contribution in [0, 0.1) is 0 Å². The second kappa shape index (κ2) is 6.04. The fourth-order valence-corrected chi connectivity index (χ4v) is 2.73. The van der Waals surface area contributed by atoms with E-state index in [0.29, 0.717) is 4.34 Å². The van der Waals surface area contributed by atoms with Gasteiger partial charge in [-0.2, -0.15) is 0 Å². The molecule has 19 heavy (non-hydrogen) atoms. The van der Waals surface area contributed by atoms with E-state index in [1.54, 1.807) is 24.4 Å². The molecule has 2 aromatic heterocycles. The summed E-state index contributed by atoms with van der Waals surface area (Å²) in [5, 5.41) is 2.84. The van der Waals surface area contributed by atoms with E-state index in [1.165, 1.54) is 22.0 Å². The average molecular weight is 297 g/mol. The first-order chi connectivity index (χ1) is 9.06. The van der Waals surface area contributed by atoms with Gasteiger partial charge >= 0.3 is 0 Å². The lowest BCUT2D eigenvalue weighted by atomic mass is 10.3. The minimum atomic E-state index is -0.203. The Hall–Kier alpha value is -1.59. The van der Waals surface area contributed by atoms with Crippen LogP contribution in [0.15, 0.2) is 41.3 Å². The van der Waals surface area contributed by atoms with Crippen molar-refractivity contribution in [3.05, 3.63) is 56.1 Å². The second-order valence-corrected chi connectivity index (χ2v) is 5.84. The molecule has 0 aliphatic carbocycles. The molecular formula is C13H13ClN2O2S. The molecule has 0 bridgehead atoms. The number of halogens is 1. The second-order valence-electron chi connectivity index (χ2n) is 4.10. The summed E-state index contributed by atoms with van der Waals surface area (Å²) in [6.07, 6.45) is 1.59. The number of hydrogen-bond donors (Lipinski definition) is 1. The third kappa shape index (κ3) is 3.68. The molecule has 1 N–H and O–H groups in total. The molecule has 0 aromatic carbocycles. The number of aromatic nitrogens is 1. The van der Waals surface area contributed by atoms with E-state index in [9.17, 15) is 9.59 Å². The number of pyridine rings is 1. The van der Waals surface area contributed by atoms with Gasteiger partial charge in [0.05, 0.1) is 10.4 Å². The van der Waals surface area contributed by atoms with Crippen molar-refractivity contribution in [2.24, 2.45) is 0 Å². The van der Waals surface area contributed by atoms with Crippen LogP contribution < -0.4 is 10.9 Å². The fourth-order valence-electron chi connectivity index (χ4n) is 1.67. The van der Waals surface area contributed by atoms with E-state index in [-0.39, 0.29) is 24.1 Å². The number of hydrogen-bond acceptors (Lipinski definition) is 3. The Kier molecular flexibility index (Phi) is 4.39. The molecule has 4 nitrogen and oxygen atoms in total. The predicted molar refractivity (Wildman–Crippen MR) is 76.6 cm³/mol. The third-order valence-electron chi connectivity index (χ3n) is 2.61. The standard InChI is InChI=1S/C13H13ClN2O2S/c1-9(10-5-6-11(14)19-10)15-12(17)8-16-7-3-2-4-13(16)18/h2-7,9H,8H2,1H3,(H,15,17). The summed E-state index contributed by atoms with van der Waals surface area (Å²) >= 11 is 7.28. The maximum absolute atomic E-state index is 11.9. The maximum atomic E-state index is 11.9. The summed E-state index contributed by atoms with van der Waals surface area (Å²) in [5.74, 6) is -0.203. The normalized spacial score (nSPS) is 12.1. The van der Waals surface area contributed by atoms with Gasteiger partial charge in [0, 0.05) is 17.1 Å². The summed E-state index contributed by atoms with van der Waals surface area (Å²) in [5.41, 5.74) is -0.190. The average Bonchev–Trinajstić information content (AvgIpc) is 2.79. The van der Waals surface area contributed by atoms with E-state index in [4.69, 9.17) is 11.6 Å². The molecule has 6 heteroatoms. The zero-order valence-corrected chi connectivity index (χ0v) is 11.9. The van der Waals surface area contributed by atoms with Gasteiger partial charge in [0.25, 0.3) is 5.56 Å². The molecule has 0 aliphatic heterocycles. The molecule has 2 rings (SSSR count). The largest absolute Gasteiger partial charge is 0.347 e. The van der Waals surface area contributed by atoms with Gasteiger partial charge in [-0.15, -0.1) is 11.3 Å². The monoisotopic (exact) mass is 296 g/mol. The smallest absolute Gasteiger partial charge is 0.250 e. The minimum absolute atomic E-state index is 0.0170. The molecule has 0 radical (unpaired) electrons.